The van der Waals surface area contributed by atoms with Crippen LogP contribution in [-0.2, 0) is 14.8 Å². The van der Waals surface area contributed by atoms with Crippen molar-refractivity contribution in [1.82, 2.24) is 10.6 Å². The quantitative estimate of drug-likeness (QED) is 0.774. The summed E-state index contributed by atoms with van der Waals surface area (Å²) in [5.74, 6) is -0.878. The fourth-order valence-corrected chi connectivity index (χ4v) is 3.72. The van der Waals surface area contributed by atoms with Crippen LogP contribution in [0.15, 0.2) is 57.8 Å². The number of aryl methyl sites for hydroxylation is 1. The Morgan fingerprint density at radius 1 is 0.897 bits per heavy atom. The number of amides is 2. The normalized spacial score (nSPS) is 17.2. The molecule has 2 N–H and O–H groups in total. The van der Waals surface area contributed by atoms with E-state index in [0.29, 0.717) is 0 Å². The van der Waals surface area contributed by atoms with Crippen molar-refractivity contribution in [3.8, 4) is 0 Å². The van der Waals surface area contributed by atoms with Crippen molar-refractivity contribution in [2.45, 2.75) is 18.2 Å². The van der Waals surface area contributed by atoms with E-state index < -0.39 is 21.8 Å². The molecule has 0 fully saturated rings. The number of carbonyl (C=O) groups is 2. The third kappa shape index (κ3) is 5.20. The molecule has 0 bridgehead atoms. The van der Waals surface area contributed by atoms with Gasteiger partial charge in [-0.15, -0.1) is 4.40 Å². The predicted octanol–water partition coefficient (Wildman–Crippen LogP) is 1.66. The Labute approximate surface area is 169 Å². The first-order valence-corrected chi connectivity index (χ1v) is 10.5. The lowest BCUT2D eigenvalue weighted by Crippen LogP contribution is -2.34. The van der Waals surface area contributed by atoms with Gasteiger partial charge in [-0.1, -0.05) is 29.8 Å². The van der Waals surface area contributed by atoms with E-state index in [9.17, 15) is 18.0 Å². The highest BCUT2D eigenvalue weighted by molar-refractivity contribution is 7.90. The minimum absolute atomic E-state index is 0.0333. The summed E-state index contributed by atoms with van der Waals surface area (Å²) in [6.45, 7) is 2.15. The molecule has 0 saturated carbocycles. The number of hydrogen-bond donors (Lipinski definition) is 2. The third-order valence-corrected chi connectivity index (χ3v) is 5.55. The van der Waals surface area contributed by atoms with E-state index in [4.69, 9.17) is 4.74 Å². The van der Waals surface area contributed by atoms with E-state index in [1.54, 1.807) is 36.4 Å². The Kier molecular flexibility index (Phi) is 6.28. The Balaban J connectivity index is 1.82. The molecule has 0 aliphatic carbocycles. The summed E-state index contributed by atoms with van der Waals surface area (Å²) in [6.07, 6.45) is 0.0902. The van der Waals surface area contributed by atoms with Crippen LogP contribution in [-0.4, -0.2) is 45.8 Å². The van der Waals surface area contributed by atoms with Gasteiger partial charge < -0.3 is 15.4 Å². The lowest BCUT2D eigenvalue weighted by atomic mass is 10.1. The first kappa shape index (κ1) is 20.5. The summed E-state index contributed by atoms with van der Waals surface area (Å²) in [4.78, 5) is 24.8. The van der Waals surface area contributed by atoms with Crippen molar-refractivity contribution in [3.63, 3.8) is 0 Å². The van der Waals surface area contributed by atoms with E-state index in [1.165, 1.54) is 12.1 Å². The molecule has 0 radical (unpaired) electrons. The second-order valence-electron chi connectivity index (χ2n) is 6.43. The molecule has 0 atom stereocenters. The number of sulfonamides is 1. The number of benzene rings is 2. The van der Waals surface area contributed by atoms with Crippen LogP contribution in [0.4, 0.5) is 0 Å². The monoisotopic (exact) mass is 415 g/mol. The molecule has 0 unspecified atom stereocenters. The van der Waals surface area contributed by atoms with Crippen molar-refractivity contribution in [2.24, 2.45) is 4.40 Å². The van der Waals surface area contributed by atoms with Gasteiger partial charge in [-0.05, 0) is 31.2 Å². The van der Waals surface area contributed by atoms with Crippen LogP contribution in [0, 0.1) is 6.92 Å². The molecule has 1 aliphatic heterocycles. The highest BCUT2D eigenvalue weighted by Gasteiger charge is 2.19. The van der Waals surface area contributed by atoms with Crippen molar-refractivity contribution < 1.29 is 22.7 Å². The van der Waals surface area contributed by atoms with Crippen LogP contribution in [0.1, 0.15) is 32.7 Å². The topological polar surface area (TPSA) is 114 Å². The zero-order chi connectivity index (χ0) is 20.9. The number of hydrogen-bond acceptors (Lipinski definition) is 5. The lowest BCUT2D eigenvalue weighted by Gasteiger charge is -2.15. The molecule has 2 aromatic rings. The molecule has 2 aromatic carbocycles. The zero-order valence-electron chi connectivity index (χ0n) is 15.8. The number of ether oxygens (including phenoxy) is 1. The number of nitrogens with zero attached hydrogens (tertiary/aromatic N) is 1. The maximum Gasteiger partial charge on any atom is 0.285 e. The fourth-order valence-electron chi connectivity index (χ4n) is 2.73. The smallest absolute Gasteiger partial charge is 0.285 e. The SMILES string of the molecule is Cc1ccc(S(=O)(=O)/N=C2\CCNC(=O)c3ccccc3C(=O)NCCO2)cc1. The van der Waals surface area contributed by atoms with Gasteiger partial charge in [0, 0.05) is 13.0 Å². The van der Waals surface area contributed by atoms with Crippen LogP contribution < -0.4 is 10.6 Å². The molecule has 29 heavy (non-hydrogen) atoms. The van der Waals surface area contributed by atoms with E-state index in [2.05, 4.69) is 15.0 Å². The molecule has 9 heteroatoms. The predicted molar refractivity (Wildman–Crippen MR) is 107 cm³/mol. The molecule has 3 rings (SSSR count). The van der Waals surface area contributed by atoms with Crippen molar-refractivity contribution in [2.75, 3.05) is 19.7 Å². The summed E-state index contributed by atoms with van der Waals surface area (Å²) in [5.41, 5.74) is 1.44. The minimum Gasteiger partial charge on any atom is -0.478 e. The van der Waals surface area contributed by atoms with Gasteiger partial charge in [-0.3, -0.25) is 9.59 Å². The van der Waals surface area contributed by atoms with Crippen LogP contribution >= 0.6 is 0 Å². The molecule has 2 amide bonds. The third-order valence-electron chi connectivity index (χ3n) is 4.24. The highest BCUT2D eigenvalue weighted by atomic mass is 32.2. The van der Waals surface area contributed by atoms with Crippen LogP contribution in [0.3, 0.4) is 0 Å². The number of carbonyl (C=O) groups excluding carboxylic acids is 2. The van der Waals surface area contributed by atoms with Gasteiger partial charge in [0.2, 0.25) is 5.90 Å². The maximum absolute atomic E-state index is 12.5. The first-order valence-electron chi connectivity index (χ1n) is 9.05. The van der Waals surface area contributed by atoms with Gasteiger partial charge in [-0.2, -0.15) is 8.42 Å². The maximum atomic E-state index is 12.5. The second-order valence-corrected chi connectivity index (χ2v) is 8.03. The van der Waals surface area contributed by atoms with Crippen molar-refractivity contribution in [1.29, 1.82) is 0 Å². The van der Waals surface area contributed by atoms with Crippen molar-refractivity contribution in [3.05, 3.63) is 65.2 Å². The molecule has 1 heterocycles. The Hall–Kier alpha value is -3.20. The van der Waals surface area contributed by atoms with Gasteiger partial charge in [0.1, 0.15) is 6.61 Å². The van der Waals surface area contributed by atoms with Crippen molar-refractivity contribution >= 4 is 27.7 Å². The standard InChI is InChI=1S/C20H21N3O5S/c1-14-6-8-15(9-7-14)29(26,27)23-18-10-11-21-19(24)16-4-2-3-5-17(16)20(25)22-12-13-28-18/h2-9H,10-13H2,1H3,(H,21,24)(H,22,25)/b23-18+. The van der Waals surface area contributed by atoms with Crippen LogP contribution in [0.2, 0.25) is 0 Å². The molecule has 0 saturated heterocycles. The van der Waals surface area contributed by atoms with Gasteiger partial charge in [0.15, 0.2) is 0 Å². The molecular weight excluding hydrogens is 394 g/mol. The van der Waals surface area contributed by atoms with E-state index in [0.717, 1.165) is 5.56 Å². The first-order chi connectivity index (χ1) is 13.9. The lowest BCUT2D eigenvalue weighted by molar-refractivity contribution is 0.0913. The van der Waals surface area contributed by atoms with Gasteiger partial charge in [-0.25, -0.2) is 0 Å². The minimum atomic E-state index is -3.95. The summed E-state index contributed by atoms with van der Waals surface area (Å²) in [5, 5.41) is 5.32. The Bertz CT molecular complexity index is 1050. The summed E-state index contributed by atoms with van der Waals surface area (Å²) in [6, 6.07) is 12.8. The van der Waals surface area contributed by atoms with E-state index in [1.807, 2.05) is 6.92 Å². The number of fused-ring (bicyclic) bond motifs is 1. The van der Waals surface area contributed by atoms with Gasteiger partial charge in [0.25, 0.3) is 21.8 Å². The molecular formula is C20H21N3O5S. The summed E-state index contributed by atoms with van der Waals surface area (Å²) < 4.78 is 34.3. The Morgan fingerprint density at radius 3 is 2.10 bits per heavy atom. The average Bonchev–Trinajstić information content (AvgIpc) is 2.70. The fraction of sp³-hybridized carbons (Fsp3) is 0.250. The molecule has 152 valence electrons. The van der Waals surface area contributed by atoms with Gasteiger partial charge >= 0.3 is 0 Å². The molecule has 0 aromatic heterocycles. The number of rotatable bonds is 2. The average molecular weight is 415 g/mol. The highest BCUT2D eigenvalue weighted by Crippen LogP contribution is 2.14. The summed E-state index contributed by atoms with van der Waals surface area (Å²) >= 11 is 0. The van der Waals surface area contributed by atoms with E-state index >= 15 is 0 Å². The van der Waals surface area contributed by atoms with Crippen LogP contribution in [0.5, 0.6) is 0 Å². The second kappa shape index (κ2) is 8.87. The largest absolute Gasteiger partial charge is 0.478 e. The van der Waals surface area contributed by atoms with Gasteiger partial charge in [0.05, 0.1) is 22.6 Å². The molecule has 8 nitrogen and oxygen atoms in total. The van der Waals surface area contributed by atoms with E-state index in [-0.39, 0.29) is 48.0 Å². The molecule has 1 aliphatic rings. The Morgan fingerprint density at radius 2 is 1.48 bits per heavy atom. The molecule has 0 spiro atoms. The summed E-state index contributed by atoms with van der Waals surface area (Å²) in [7, 11) is -3.95. The zero-order valence-corrected chi connectivity index (χ0v) is 16.7. The van der Waals surface area contributed by atoms with Crippen LogP contribution in [0.25, 0.3) is 0 Å². The number of nitrogens with one attached hydrogen (secondary N) is 2.